The molecule has 2 aromatic heterocycles. The predicted molar refractivity (Wildman–Crippen MR) is 115 cm³/mol. The molecule has 1 aromatic carbocycles. The lowest BCUT2D eigenvalue weighted by Gasteiger charge is -2.26. The summed E-state index contributed by atoms with van der Waals surface area (Å²) >= 11 is 0. The number of alkyl halides is 2. The smallest absolute Gasteiger partial charge is 0.261 e. The van der Waals surface area contributed by atoms with Crippen molar-refractivity contribution in [1.29, 1.82) is 0 Å². The minimum atomic E-state index is -2.75. The normalized spacial score (nSPS) is 21.1. The Morgan fingerprint density at radius 1 is 1.09 bits per heavy atom. The highest BCUT2D eigenvalue weighted by Crippen LogP contribution is 2.34. The van der Waals surface area contributed by atoms with Gasteiger partial charge in [0.1, 0.15) is 17.7 Å². The van der Waals surface area contributed by atoms with E-state index in [0.717, 1.165) is 18.7 Å². The maximum atomic E-state index is 15.1. The second-order valence-corrected chi connectivity index (χ2v) is 8.64. The molecule has 2 aliphatic heterocycles. The first kappa shape index (κ1) is 21.0. The number of aromatic nitrogens is 4. The summed E-state index contributed by atoms with van der Waals surface area (Å²) in [5.74, 6) is -2.90. The van der Waals surface area contributed by atoms with Gasteiger partial charge in [-0.1, -0.05) is 0 Å². The summed E-state index contributed by atoms with van der Waals surface area (Å²) in [4.78, 5) is 16.3. The van der Waals surface area contributed by atoms with E-state index in [1.165, 1.54) is 12.4 Å². The lowest BCUT2D eigenvalue weighted by molar-refractivity contribution is 0.0114. The number of benzene rings is 1. The number of likely N-dealkylation sites (tertiary alicyclic amines) is 1. The minimum Gasteiger partial charge on any atom is -0.382 e. The van der Waals surface area contributed by atoms with E-state index in [9.17, 15) is 8.78 Å². The summed E-state index contributed by atoms with van der Waals surface area (Å²) in [6.45, 7) is 1.63. The van der Waals surface area contributed by atoms with Gasteiger partial charge >= 0.3 is 0 Å². The zero-order chi connectivity index (χ0) is 22.5. The number of anilines is 2. The molecule has 1 atom stereocenters. The third-order valence-electron chi connectivity index (χ3n) is 6.30. The van der Waals surface area contributed by atoms with Crippen molar-refractivity contribution >= 4 is 22.7 Å². The number of imidazole rings is 1. The SMILES string of the molecule is Nc1ncnc2c1ncn2Cc1c(N2CCC(N)C2)ccc(F)c1CN1CCC(F)(F)C1. The van der Waals surface area contributed by atoms with Gasteiger partial charge in [0.2, 0.25) is 0 Å². The largest absolute Gasteiger partial charge is 0.382 e. The number of nitrogens with zero attached hydrogens (tertiary/aromatic N) is 6. The molecule has 0 spiro atoms. The van der Waals surface area contributed by atoms with Crippen molar-refractivity contribution in [3.63, 3.8) is 0 Å². The van der Waals surface area contributed by atoms with Crippen LogP contribution in [0.15, 0.2) is 24.8 Å². The Bertz CT molecular complexity index is 1150. The molecule has 2 aliphatic rings. The predicted octanol–water partition coefficient (Wildman–Crippen LogP) is 1.97. The summed E-state index contributed by atoms with van der Waals surface area (Å²) in [6, 6.07) is 3.20. The molecule has 0 aliphatic carbocycles. The summed E-state index contributed by atoms with van der Waals surface area (Å²) in [5.41, 5.74) is 15.0. The topological polar surface area (TPSA) is 102 Å². The monoisotopic (exact) mass is 446 g/mol. The highest BCUT2D eigenvalue weighted by Gasteiger charge is 2.38. The Kier molecular flexibility index (Phi) is 5.17. The third-order valence-corrected chi connectivity index (χ3v) is 6.30. The fourth-order valence-electron chi connectivity index (χ4n) is 4.65. The zero-order valence-electron chi connectivity index (χ0n) is 17.5. The molecule has 4 N–H and O–H groups in total. The molecule has 0 amide bonds. The number of halogens is 3. The van der Waals surface area contributed by atoms with Crippen LogP contribution in [0.25, 0.3) is 11.2 Å². The summed E-state index contributed by atoms with van der Waals surface area (Å²) in [7, 11) is 0. The number of hydrogen-bond acceptors (Lipinski definition) is 7. The van der Waals surface area contributed by atoms with Crippen LogP contribution < -0.4 is 16.4 Å². The Morgan fingerprint density at radius 3 is 2.66 bits per heavy atom. The van der Waals surface area contributed by atoms with E-state index < -0.39 is 11.7 Å². The maximum absolute atomic E-state index is 15.1. The molecule has 8 nitrogen and oxygen atoms in total. The molecule has 32 heavy (non-hydrogen) atoms. The van der Waals surface area contributed by atoms with Gasteiger partial charge in [0, 0.05) is 55.5 Å². The van der Waals surface area contributed by atoms with Crippen molar-refractivity contribution in [1.82, 2.24) is 24.4 Å². The number of nitrogen functional groups attached to an aromatic ring is 1. The minimum absolute atomic E-state index is 0.0373. The van der Waals surface area contributed by atoms with Gasteiger partial charge in [0.05, 0.1) is 19.4 Å². The number of rotatable bonds is 5. The third kappa shape index (κ3) is 3.86. The Hall–Kier alpha value is -2.92. The van der Waals surface area contributed by atoms with Crippen molar-refractivity contribution in [2.75, 3.05) is 36.8 Å². The van der Waals surface area contributed by atoms with Gasteiger partial charge in [0.25, 0.3) is 5.92 Å². The van der Waals surface area contributed by atoms with Crippen LogP contribution in [0.4, 0.5) is 24.7 Å². The molecule has 1 unspecified atom stereocenters. The highest BCUT2D eigenvalue weighted by atomic mass is 19.3. The molecule has 170 valence electrons. The van der Waals surface area contributed by atoms with E-state index in [0.29, 0.717) is 28.8 Å². The van der Waals surface area contributed by atoms with Crippen LogP contribution in [-0.4, -0.2) is 62.6 Å². The van der Waals surface area contributed by atoms with E-state index in [-0.39, 0.29) is 44.5 Å². The van der Waals surface area contributed by atoms with Crippen molar-refractivity contribution in [2.24, 2.45) is 5.73 Å². The van der Waals surface area contributed by atoms with E-state index in [2.05, 4.69) is 19.9 Å². The molecular weight excluding hydrogens is 421 g/mol. The van der Waals surface area contributed by atoms with Crippen LogP contribution >= 0.6 is 0 Å². The van der Waals surface area contributed by atoms with Crippen LogP contribution in [0.2, 0.25) is 0 Å². The number of fused-ring (bicyclic) bond motifs is 1. The van der Waals surface area contributed by atoms with Gasteiger partial charge in [-0.15, -0.1) is 0 Å². The second kappa shape index (κ2) is 7.89. The van der Waals surface area contributed by atoms with Gasteiger partial charge in [0.15, 0.2) is 11.5 Å². The van der Waals surface area contributed by atoms with Crippen LogP contribution in [0, 0.1) is 5.82 Å². The molecule has 4 heterocycles. The van der Waals surface area contributed by atoms with Crippen molar-refractivity contribution < 1.29 is 13.2 Å². The molecule has 0 saturated carbocycles. The van der Waals surface area contributed by atoms with E-state index in [1.54, 1.807) is 21.9 Å². The van der Waals surface area contributed by atoms with Gasteiger partial charge in [-0.25, -0.2) is 28.1 Å². The molecule has 2 fully saturated rings. The first-order valence-corrected chi connectivity index (χ1v) is 10.6. The molecule has 11 heteroatoms. The van der Waals surface area contributed by atoms with Gasteiger partial charge in [-0.05, 0) is 18.6 Å². The van der Waals surface area contributed by atoms with Crippen LogP contribution in [0.5, 0.6) is 0 Å². The molecule has 0 radical (unpaired) electrons. The van der Waals surface area contributed by atoms with E-state index >= 15 is 4.39 Å². The Labute approximate surface area is 183 Å². The van der Waals surface area contributed by atoms with Crippen LogP contribution in [-0.2, 0) is 13.1 Å². The Balaban J connectivity index is 1.57. The quantitative estimate of drug-likeness (QED) is 0.618. The molecule has 2 saturated heterocycles. The first-order chi connectivity index (χ1) is 15.3. The number of nitrogens with two attached hydrogens (primary N) is 2. The molecule has 5 rings (SSSR count). The fourth-order valence-corrected chi connectivity index (χ4v) is 4.65. The van der Waals surface area contributed by atoms with Gasteiger partial charge < -0.3 is 20.9 Å². The van der Waals surface area contributed by atoms with Crippen molar-refractivity contribution in [3.05, 3.63) is 41.7 Å². The molecular formula is C21H25F3N8. The first-order valence-electron chi connectivity index (χ1n) is 10.6. The average Bonchev–Trinajstić information content (AvgIpc) is 3.44. The van der Waals surface area contributed by atoms with Crippen LogP contribution in [0.1, 0.15) is 24.0 Å². The van der Waals surface area contributed by atoms with Gasteiger partial charge in [-0.3, -0.25) is 4.90 Å². The lowest BCUT2D eigenvalue weighted by Crippen LogP contribution is -2.29. The second-order valence-electron chi connectivity index (χ2n) is 8.64. The Morgan fingerprint density at radius 2 is 1.94 bits per heavy atom. The summed E-state index contributed by atoms with van der Waals surface area (Å²) in [6.07, 6.45) is 3.57. The number of hydrogen-bond donors (Lipinski definition) is 2. The van der Waals surface area contributed by atoms with Crippen LogP contribution in [0.3, 0.4) is 0 Å². The van der Waals surface area contributed by atoms with Crippen molar-refractivity contribution in [2.45, 2.75) is 37.9 Å². The standard InChI is InChI=1S/C21H25F3N8/c22-16-1-2-17(31-5-3-13(25)7-31)15(14(16)8-30-6-4-21(23,24)10-30)9-32-12-29-18-19(26)27-11-28-20(18)32/h1-2,11-13H,3-10,25H2,(H2,26,27,28). The zero-order valence-corrected chi connectivity index (χ0v) is 17.5. The van der Waals surface area contributed by atoms with Gasteiger partial charge in [-0.2, -0.15) is 0 Å². The summed E-state index contributed by atoms with van der Waals surface area (Å²) in [5, 5.41) is 0. The van der Waals surface area contributed by atoms with E-state index in [4.69, 9.17) is 11.5 Å². The van der Waals surface area contributed by atoms with Crippen molar-refractivity contribution in [3.8, 4) is 0 Å². The average molecular weight is 446 g/mol. The maximum Gasteiger partial charge on any atom is 0.261 e. The molecule has 3 aromatic rings. The highest BCUT2D eigenvalue weighted by molar-refractivity contribution is 5.81. The summed E-state index contributed by atoms with van der Waals surface area (Å²) < 4.78 is 44.5. The fraction of sp³-hybridized carbons (Fsp3) is 0.476. The molecule has 0 bridgehead atoms. The lowest BCUT2D eigenvalue weighted by atomic mass is 10.0. The van der Waals surface area contributed by atoms with E-state index in [1.807, 2.05) is 0 Å².